The third-order valence-corrected chi connectivity index (χ3v) is 4.44. The molecule has 1 aromatic rings. The molecule has 1 aromatic carbocycles. The van der Waals surface area contributed by atoms with Gasteiger partial charge in [-0.3, -0.25) is 0 Å². The average molecular weight is 259 g/mol. The maximum Gasteiger partial charge on any atom is 0.0110 e. The Morgan fingerprint density at radius 2 is 1.79 bits per heavy atom. The molecule has 0 saturated heterocycles. The lowest BCUT2D eigenvalue weighted by atomic mass is 9.83. The molecule has 0 bridgehead atoms. The monoisotopic (exact) mass is 259 g/mol. The predicted octanol–water partition coefficient (Wildman–Crippen LogP) is 4.49. The Morgan fingerprint density at radius 3 is 2.42 bits per heavy atom. The predicted molar refractivity (Wildman–Crippen MR) is 83.5 cm³/mol. The second-order valence-corrected chi connectivity index (χ2v) is 6.18. The highest BCUT2D eigenvalue weighted by molar-refractivity contribution is 5.22. The third kappa shape index (κ3) is 4.99. The average Bonchev–Trinajstić information content (AvgIpc) is 2.43. The van der Waals surface area contributed by atoms with Gasteiger partial charge >= 0.3 is 0 Å². The third-order valence-electron chi connectivity index (χ3n) is 4.44. The van der Waals surface area contributed by atoms with Gasteiger partial charge in [-0.05, 0) is 37.8 Å². The van der Waals surface area contributed by atoms with Crippen LogP contribution < -0.4 is 5.32 Å². The molecule has 2 rings (SSSR count). The Morgan fingerprint density at radius 1 is 1.11 bits per heavy atom. The zero-order chi connectivity index (χ0) is 13.5. The highest BCUT2D eigenvalue weighted by Crippen LogP contribution is 2.28. The Kier molecular flexibility index (Phi) is 5.91. The Balaban J connectivity index is 1.89. The molecule has 1 aliphatic rings. The molecule has 1 N–H and O–H groups in total. The minimum absolute atomic E-state index is 0.663. The number of nitrogens with one attached hydrogen (secondary N) is 1. The van der Waals surface area contributed by atoms with Crippen molar-refractivity contribution in [3.8, 4) is 0 Å². The Bertz CT molecular complexity index is 348. The zero-order valence-electron chi connectivity index (χ0n) is 12.6. The van der Waals surface area contributed by atoms with Crippen molar-refractivity contribution >= 4 is 0 Å². The molecule has 1 nitrogen and oxygen atoms in total. The van der Waals surface area contributed by atoms with Gasteiger partial charge in [0.2, 0.25) is 0 Å². The lowest BCUT2D eigenvalue weighted by Gasteiger charge is -2.27. The van der Waals surface area contributed by atoms with Gasteiger partial charge in [-0.2, -0.15) is 0 Å². The summed E-state index contributed by atoms with van der Waals surface area (Å²) in [7, 11) is 0. The van der Waals surface area contributed by atoms with Crippen LogP contribution >= 0.6 is 0 Å². The number of aryl methyl sites for hydroxylation is 1. The molecule has 0 aromatic heterocycles. The molecule has 1 fully saturated rings. The maximum absolute atomic E-state index is 3.69. The first-order valence-electron chi connectivity index (χ1n) is 8.07. The smallest absolute Gasteiger partial charge is 0.0110 e. The molecule has 1 atom stereocenters. The van der Waals surface area contributed by atoms with Crippen molar-refractivity contribution in [2.24, 2.45) is 5.92 Å². The van der Waals surface area contributed by atoms with E-state index in [0.29, 0.717) is 6.04 Å². The van der Waals surface area contributed by atoms with E-state index in [9.17, 15) is 0 Å². The summed E-state index contributed by atoms with van der Waals surface area (Å²) in [6.45, 7) is 5.47. The van der Waals surface area contributed by atoms with E-state index in [1.165, 1.54) is 56.1 Å². The van der Waals surface area contributed by atoms with Gasteiger partial charge in [-0.25, -0.2) is 0 Å². The second kappa shape index (κ2) is 7.69. The van der Waals surface area contributed by atoms with Crippen LogP contribution in [0.3, 0.4) is 0 Å². The first-order valence-corrected chi connectivity index (χ1v) is 8.07. The van der Waals surface area contributed by atoms with Crippen LogP contribution in [0.15, 0.2) is 24.3 Å². The fourth-order valence-electron chi connectivity index (χ4n) is 3.36. The molecule has 0 amide bonds. The van der Waals surface area contributed by atoms with E-state index in [2.05, 4.69) is 43.4 Å². The summed E-state index contributed by atoms with van der Waals surface area (Å²) in [6, 6.07) is 9.72. The van der Waals surface area contributed by atoms with Crippen LogP contribution in [0.5, 0.6) is 0 Å². The maximum atomic E-state index is 3.69. The molecule has 0 heterocycles. The quantitative estimate of drug-likeness (QED) is 0.794. The second-order valence-electron chi connectivity index (χ2n) is 6.18. The first kappa shape index (κ1) is 14.6. The van der Waals surface area contributed by atoms with Gasteiger partial charge < -0.3 is 5.32 Å². The minimum atomic E-state index is 0.663. The summed E-state index contributed by atoms with van der Waals surface area (Å²) in [5, 5.41) is 3.69. The van der Waals surface area contributed by atoms with Crippen LogP contribution in [-0.2, 0) is 6.42 Å². The van der Waals surface area contributed by atoms with E-state index in [4.69, 9.17) is 0 Å². The molecular formula is C18H29N. The van der Waals surface area contributed by atoms with Gasteiger partial charge in [0.15, 0.2) is 0 Å². The van der Waals surface area contributed by atoms with Crippen LogP contribution in [0.1, 0.15) is 56.6 Å². The van der Waals surface area contributed by atoms with Crippen LogP contribution in [0.4, 0.5) is 0 Å². The van der Waals surface area contributed by atoms with Gasteiger partial charge in [-0.15, -0.1) is 0 Å². The normalized spacial score (nSPS) is 18.4. The molecule has 0 aliphatic heterocycles. The van der Waals surface area contributed by atoms with E-state index in [1.54, 1.807) is 0 Å². The summed E-state index contributed by atoms with van der Waals surface area (Å²) in [6.07, 6.45) is 9.82. The molecule has 0 spiro atoms. The summed E-state index contributed by atoms with van der Waals surface area (Å²) < 4.78 is 0. The van der Waals surface area contributed by atoms with E-state index in [0.717, 1.165) is 12.5 Å². The van der Waals surface area contributed by atoms with Crippen LogP contribution in [0, 0.1) is 12.8 Å². The Hall–Kier alpha value is -0.820. The first-order chi connectivity index (χ1) is 9.28. The molecule has 19 heavy (non-hydrogen) atoms. The van der Waals surface area contributed by atoms with Gasteiger partial charge in [0.05, 0.1) is 0 Å². The SMILES string of the molecule is CCNC(Cc1ccc(C)cc1)CC1CCCCC1. The summed E-state index contributed by atoms with van der Waals surface area (Å²) in [4.78, 5) is 0. The lowest BCUT2D eigenvalue weighted by Crippen LogP contribution is -2.33. The highest BCUT2D eigenvalue weighted by Gasteiger charge is 2.18. The number of hydrogen-bond donors (Lipinski definition) is 1. The number of hydrogen-bond acceptors (Lipinski definition) is 1. The van der Waals surface area contributed by atoms with E-state index >= 15 is 0 Å². The zero-order valence-corrected chi connectivity index (χ0v) is 12.6. The topological polar surface area (TPSA) is 12.0 Å². The van der Waals surface area contributed by atoms with Crippen LogP contribution in [-0.4, -0.2) is 12.6 Å². The molecule has 1 saturated carbocycles. The van der Waals surface area contributed by atoms with Crippen molar-refractivity contribution in [1.29, 1.82) is 0 Å². The standard InChI is InChI=1S/C18H29N/c1-3-19-18(13-16-7-5-4-6-8-16)14-17-11-9-15(2)10-12-17/h9-12,16,18-19H,3-8,13-14H2,1-2H3. The largest absolute Gasteiger partial charge is 0.314 e. The fourth-order valence-corrected chi connectivity index (χ4v) is 3.36. The minimum Gasteiger partial charge on any atom is -0.314 e. The molecule has 1 heteroatoms. The van der Waals surface area contributed by atoms with Crippen LogP contribution in [0.2, 0.25) is 0 Å². The Labute approximate surface area is 118 Å². The van der Waals surface area contributed by atoms with Crippen molar-refractivity contribution in [3.05, 3.63) is 35.4 Å². The van der Waals surface area contributed by atoms with E-state index in [1.807, 2.05) is 0 Å². The highest BCUT2D eigenvalue weighted by atomic mass is 14.9. The van der Waals surface area contributed by atoms with Gasteiger partial charge in [0.25, 0.3) is 0 Å². The fraction of sp³-hybridized carbons (Fsp3) is 0.667. The van der Waals surface area contributed by atoms with E-state index < -0.39 is 0 Å². The van der Waals surface area contributed by atoms with E-state index in [-0.39, 0.29) is 0 Å². The summed E-state index contributed by atoms with van der Waals surface area (Å²) >= 11 is 0. The van der Waals surface area contributed by atoms with Crippen molar-refractivity contribution < 1.29 is 0 Å². The van der Waals surface area contributed by atoms with Crippen molar-refractivity contribution in [2.75, 3.05) is 6.54 Å². The molecule has 1 unspecified atom stereocenters. The number of rotatable bonds is 6. The summed E-state index contributed by atoms with van der Waals surface area (Å²) in [5.41, 5.74) is 2.84. The van der Waals surface area contributed by atoms with Gasteiger partial charge in [0, 0.05) is 6.04 Å². The molecule has 0 radical (unpaired) electrons. The molecule has 1 aliphatic carbocycles. The molecular weight excluding hydrogens is 230 g/mol. The van der Waals surface area contributed by atoms with Crippen molar-refractivity contribution in [2.45, 2.75) is 64.8 Å². The van der Waals surface area contributed by atoms with Gasteiger partial charge in [-0.1, -0.05) is 68.9 Å². The molecule has 106 valence electrons. The van der Waals surface area contributed by atoms with Gasteiger partial charge in [0.1, 0.15) is 0 Å². The number of benzene rings is 1. The van der Waals surface area contributed by atoms with Crippen molar-refractivity contribution in [1.82, 2.24) is 5.32 Å². The summed E-state index contributed by atoms with van der Waals surface area (Å²) in [5.74, 6) is 0.961. The number of likely N-dealkylation sites (N-methyl/N-ethyl adjacent to an activating group) is 1. The lowest BCUT2D eigenvalue weighted by molar-refractivity contribution is 0.298. The van der Waals surface area contributed by atoms with Crippen molar-refractivity contribution in [3.63, 3.8) is 0 Å². The van der Waals surface area contributed by atoms with Crippen LogP contribution in [0.25, 0.3) is 0 Å².